The maximum Gasteiger partial charge on any atom is 0.253 e. The van der Waals surface area contributed by atoms with Crippen molar-refractivity contribution >= 4 is 21.8 Å². The van der Waals surface area contributed by atoms with Crippen molar-refractivity contribution in [1.29, 1.82) is 0 Å². The van der Waals surface area contributed by atoms with E-state index in [1.165, 1.54) is 0 Å². The van der Waals surface area contributed by atoms with Crippen LogP contribution in [0.5, 0.6) is 5.75 Å². The molecule has 1 N–H and O–H groups in total. The average molecular weight is 298 g/mol. The molecule has 1 saturated heterocycles. The summed E-state index contributed by atoms with van der Waals surface area (Å²) in [6.45, 7) is 3.73. The smallest absolute Gasteiger partial charge is 0.253 e. The molecule has 3 nitrogen and oxygen atoms in total. The highest BCUT2D eigenvalue weighted by Gasteiger charge is 2.27. The molecule has 0 aromatic heterocycles. The molecule has 0 saturated carbocycles. The molecule has 2 rings (SSSR count). The standard InChI is InChI=1S/C13H16BrNO2/c1-9-8-15(7-6-12(9)14)13(17)10-2-4-11(16)5-3-10/h2-5,9,12,16H,6-8H2,1H3. The SMILES string of the molecule is CC1CN(C(=O)c2ccc(O)cc2)CCC1Br. The first kappa shape index (κ1) is 12.4. The van der Waals surface area contributed by atoms with Crippen molar-refractivity contribution in [2.24, 2.45) is 5.92 Å². The van der Waals surface area contributed by atoms with Crippen LogP contribution in [0.3, 0.4) is 0 Å². The highest BCUT2D eigenvalue weighted by Crippen LogP contribution is 2.24. The van der Waals surface area contributed by atoms with E-state index >= 15 is 0 Å². The Bertz CT molecular complexity index is 404. The van der Waals surface area contributed by atoms with Crippen LogP contribution in [-0.4, -0.2) is 33.8 Å². The zero-order valence-corrected chi connectivity index (χ0v) is 11.4. The number of piperidine rings is 1. The summed E-state index contributed by atoms with van der Waals surface area (Å²) in [5, 5.41) is 9.19. The molecule has 1 amide bonds. The normalized spacial score (nSPS) is 24.7. The van der Waals surface area contributed by atoms with Crippen molar-refractivity contribution in [2.45, 2.75) is 18.2 Å². The molecule has 1 aromatic carbocycles. The summed E-state index contributed by atoms with van der Waals surface area (Å²) >= 11 is 3.62. The quantitative estimate of drug-likeness (QED) is 0.810. The number of nitrogens with zero attached hydrogens (tertiary/aromatic N) is 1. The molecule has 4 heteroatoms. The third-order valence-corrected chi connectivity index (χ3v) is 4.56. The lowest BCUT2D eigenvalue weighted by Crippen LogP contribution is -2.43. The topological polar surface area (TPSA) is 40.5 Å². The minimum Gasteiger partial charge on any atom is -0.508 e. The van der Waals surface area contributed by atoms with Crippen LogP contribution >= 0.6 is 15.9 Å². The van der Waals surface area contributed by atoms with Crippen LogP contribution in [-0.2, 0) is 0 Å². The number of carbonyl (C=O) groups excluding carboxylic acids is 1. The molecule has 1 heterocycles. The number of benzene rings is 1. The van der Waals surface area contributed by atoms with Gasteiger partial charge >= 0.3 is 0 Å². The number of alkyl halides is 1. The van der Waals surface area contributed by atoms with E-state index in [4.69, 9.17) is 0 Å². The number of carbonyl (C=O) groups is 1. The van der Waals surface area contributed by atoms with Crippen LogP contribution in [0.1, 0.15) is 23.7 Å². The van der Waals surface area contributed by atoms with E-state index in [1.54, 1.807) is 24.3 Å². The van der Waals surface area contributed by atoms with Gasteiger partial charge in [-0.1, -0.05) is 22.9 Å². The van der Waals surface area contributed by atoms with Crippen LogP contribution in [0.4, 0.5) is 0 Å². The number of hydrogen-bond acceptors (Lipinski definition) is 2. The first-order chi connectivity index (χ1) is 8.08. The minimum atomic E-state index is 0.0521. The summed E-state index contributed by atoms with van der Waals surface area (Å²) in [6.07, 6.45) is 0.991. The molecule has 92 valence electrons. The van der Waals surface area contributed by atoms with Crippen molar-refractivity contribution in [3.05, 3.63) is 29.8 Å². The van der Waals surface area contributed by atoms with E-state index in [-0.39, 0.29) is 11.7 Å². The molecular formula is C13H16BrNO2. The largest absolute Gasteiger partial charge is 0.508 e. The average Bonchev–Trinajstić information content (AvgIpc) is 2.33. The minimum absolute atomic E-state index is 0.0521. The molecule has 0 radical (unpaired) electrons. The number of phenols is 1. The summed E-state index contributed by atoms with van der Waals surface area (Å²) in [6, 6.07) is 6.44. The Hall–Kier alpha value is -1.03. The summed E-state index contributed by atoms with van der Waals surface area (Å²) in [5.74, 6) is 0.718. The fourth-order valence-corrected chi connectivity index (χ4v) is 2.46. The molecule has 1 aliphatic rings. The van der Waals surface area contributed by atoms with Gasteiger partial charge in [-0.25, -0.2) is 0 Å². The van der Waals surface area contributed by atoms with Crippen LogP contribution in [0.15, 0.2) is 24.3 Å². The van der Waals surface area contributed by atoms with Gasteiger partial charge in [0.15, 0.2) is 0 Å². The predicted molar refractivity (Wildman–Crippen MR) is 70.5 cm³/mol. The zero-order valence-electron chi connectivity index (χ0n) is 9.77. The lowest BCUT2D eigenvalue weighted by atomic mass is 9.99. The van der Waals surface area contributed by atoms with Gasteiger partial charge in [-0.05, 0) is 36.6 Å². The zero-order chi connectivity index (χ0) is 12.4. The highest BCUT2D eigenvalue weighted by molar-refractivity contribution is 9.09. The molecule has 1 fully saturated rings. The van der Waals surface area contributed by atoms with E-state index in [9.17, 15) is 9.90 Å². The van der Waals surface area contributed by atoms with Crippen LogP contribution < -0.4 is 0 Å². The van der Waals surface area contributed by atoms with Gasteiger partial charge in [-0.2, -0.15) is 0 Å². The maximum atomic E-state index is 12.2. The summed E-state index contributed by atoms with van der Waals surface area (Å²) in [4.78, 5) is 14.6. The van der Waals surface area contributed by atoms with Gasteiger partial charge in [0, 0.05) is 23.5 Å². The fourth-order valence-electron chi connectivity index (χ4n) is 2.09. The Labute approximate surface area is 110 Å². The number of rotatable bonds is 1. The summed E-state index contributed by atoms with van der Waals surface area (Å²) in [5.41, 5.74) is 0.642. The number of halogens is 1. The third-order valence-electron chi connectivity index (χ3n) is 3.20. The third kappa shape index (κ3) is 2.80. The second-order valence-corrected chi connectivity index (χ2v) is 5.76. The van der Waals surface area contributed by atoms with Gasteiger partial charge in [0.05, 0.1) is 0 Å². The number of hydrogen-bond donors (Lipinski definition) is 1. The van der Waals surface area contributed by atoms with Gasteiger partial charge < -0.3 is 10.0 Å². The van der Waals surface area contributed by atoms with Crippen LogP contribution in [0, 0.1) is 5.92 Å². The van der Waals surface area contributed by atoms with E-state index in [0.717, 1.165) is 19.5 Å². The van der Waals surface area contributed by atoms with Gasteiger partial charge in [0.1, 0.15) is 5.75 Å². The second kappa shape index (κ2) is 5.08. The number of amides is 1. The lowest BCUT2D eigenvalue weighted by Gasteiger charge is -2.34. The van der Waals surface area contributed by atoms with Crippen LogP contribution in [0.2, 0.25) is 0 Å². The first-order valence-electron chi connectivity index (χ1n) is 5.80. The van der Waals surface area contributed by atoms with Crippen LogP contribution in [0.25, 0.3) is 0 Å². The van der Waals surface area contributed by atoms with Crippen molar-refractivity contribution in [1.82, 2.24) is 4.90 Å². The Morgan fingerprint density at radius 2 is 2.06 bits per heavy atom. The molecule has 0 bridgehead atoms. The fraction of sp³-hybridized carbons (Fsp3) is 0.462. The molecule has 1 aliphatic heterocycles. The Kier molecular flexibility index (Phi) is 3.72. The van der Waals surface area contributed by atoms with Gasteiger partial charge in [-0.15, -0.1) is 0 Å². The Morgan fingerprint density at radius 3 is 2.65 bits per heavy atom. The van der Waals surface area contributed by atoms with E-state index in [2.05, 4.69) is 22.9 Å². The van der Waals surface area contributed by atoms with Crippen molar-refractivity contribution < 1.29 is 9.90 Å². The predicted octanol–water partition coefficient (Wildman–Crippen LogP) is 2.64. The van der Waals surface area contributed by atoms with Crippen molar-refractivity contribution in [3.63, 3.8) is 0 Å². The highest BCUT2D eigenvalue weighted by atomic mass is 79.9. The van der Waals surface area contributed by atoms with E-state index in [0.29, 0.717) is 16.3 Å². The molecule has 1 aromatic rings. The summed E-state index contributed by atoms with van der Waals surface area (Å²) in [7, 11) is 0. The maximum absolute atomic E-state index is 12.2. The molecule has 0 aliphatic carbocycles. The Morgan fingerprint density at radius 1 is 1.41 bits per heavy atom. The second-order valence-electron chi connectivity index (χ2n) is 4.58. The Balaban J connectivity index is 2.08. The monoisotopic (exact) mass is 297 g/mol. The lowest BCUT2D eigenvalue weighted by molar-refractivity contribution is 0.0690. The molecule has 17 heavy (non-hydrogen) atoms. The molecule has 2 atom stereocenters. The van der Waals surface area contributed by atoms with Crippen molar-refractivity contribution in [2.75, 3.05) is 13.1 Å². The van der Waals surface area contributed by atoms with Gasteiger partial charge in [0.25, 0.3) is 5.91 Å². The van der Waals surface area contributed by atoms with Gasteiger partial charge in [0.2, 0.25) is 0 Å². The first-order valence-corrected chi connectivity index (χ1v) is 6.72. The number of likely N-dealkylation sites (tertiary alicyclic amines) is 1. The molecule has 0 spiro atoms. The number of phenolic OH excluding ortho intramolecular Hbond substituents is 1. The van der Waals surface area contributed by atoms with Gasteiger partial charge in [-0.3, -0.25) is 4.79 Å². The van der Waals surface area contributed by atoms with E-state index in [1.807, 2.05) is 4.90 Å². The number of aromatic hydroxyl groups is 1. The molecule has 2 unspecified atom stereocenters. The summed E-state index contributed by atoms with van der Waals surface area (Å²) < 4.78 is 0. The van der Waals surface area contributed by atoms with Crippen molar-refractivity contribution in [3.8, 4) is 5.75 Å². The molecular weight excluding hydrogens is 282 g/mol. The van der Waals surface area contributed by atoms with E-state index < -0.39 is 0 Å².